The van der Waals surface area contributed by atoms with Crippen molar-refractivity contribution in [1.82, 2.24) is 0 Å². The second kappa shape index (κ2) is 7.98. The van der Waals surface area contributed by atoms with E-state index < -0.39 is 11.6 Å². The van der Waals surface area contributed by atoms with Crippen LogP contribution in [0.25, 0.3) is 0 Å². The molecule has 0 aliphatic rings. The maximum Gasteiger partial charge on any atom is 0.129 e. The normalized spacial score (nSPS) is 12.4. The Morgan fingerprint density at radius 3 is 2.67 bits per heavy atom. The van der Waals surface area contributed by atoms with Crippen molar-refractivity contribution in [2.75, 3.05) is 0 Å². The zero-order valence-corrected chi connectivity index (χ0v) is 10.7. The van der Waals surface area contributed by atoms with Crippen molar-refractivity contribution in [1.29, 1.82) is 0 Å². The summed E-state index contributed by atoms with van der Waals surface area (Å²) in [5, 5.41) is 0. The van der Waals surface area contributed by atoms with Gasteiger partial charge in [0, 0.05) is 12.1 Å². The van der Waals surface area contributed by atoms with E-state index in [2.05, 4.69) is 6.58 Å². The van der Waals surface area contributed by atoms with Crippen molar-refractivity contribution < 1.29 is 8.78 Å². The van der Waals surface area contributed by atoms with Crippen LogP contribution in [0.1, 0.15) is 37.7 Å². The molecule has 0 bridgehead atoms. The summed E-state index contributed by atoms with van der Waals surface area (Å²) in [6.45, 7) is 3.67. The molecule has 0 aromatic heterocycles. The second-order valence-corrected chi connectivity index (χ2v) is 4.63. The lowest BCUT2D eigenvalue weighted by Crippen LogP contribution is -2.23. The van der Waals surface area contributed by atoms with Crippen LogP contribution in [0.15, 0.2) is 30.9 Å². The highest BCUT2D eigenvalue weighted by atomic mass is 19.1. The van der Waals surface area contributed by atoms with Crippen molar-refractivity contribution >= 4 is 0 Å². The molecule has 0 radical (unpaired) electrons. The van der Waals surface area contributed by atoms with Crippen LogP contribution in [0.5, 0.6) is 0 Å². The van der Waals surface area contributed by atoms with E-state index in [0.29, 0.717) is 12.0 Å². The number of benzene rings is 1. The lowest BCUT2D eigenvalue weighted by molar-refractivity contribution is 0.527. The molecule has 0 fully saturated rings. The minimum absolute atomic E-state index is 0.0614. The molecule has 0 amide bonds. The maximum atomic E-state index is 13.4. The van der Waals surface area contributed by atoms with Crippen LogP contribution in [-0.2, 0) is 6.42 Å². The quantitative estimate of drug-likeness (QED) is 0.550. The number of halogens is 2. The fourth-order valence-electron chi connectivity index (χ4n) is 1.94. The zero-order chi connectivity index (χ0) is 13.4. The molecule has 100 valence electrons. The molecule has 18 heavy (non-hydrogen) atoms. The maximum absolute atomic E-state index is 13.4. The largest absolute Gasteiger partial charge is 0.327 e. The number of unbranched alkanes of at least 4 members (excludes halogenated alkanes) is 3. The average Bonchev–Trinajstić information content (AvgIpc) is 2.32. The van der Waals surface area contributed by atoms with Crippen molar-refractivity contribution in [3.8, 4) is 0 Å². The first-order chi connectivity index (χ1) is 8.63. The summed E-state index contributed by atoms with van der Waals surface area (Å²) in [5.74, 6) is -1.05. The number of hydrogen-bond donors (Lipinski definition) is 1. The Balaban J connectivity index is 2.30. The first kappa shape index (κ1) is 14.8. The van der Waals surface area contributed by atoms with Crippen molar-refractivity contribution in [2.45, 2.75) is 44.6 Å². The molecule has 1 nitrogen and oxygen atoms in total. The summed E-state index contributed by atoms with van der Waals surface area (Å²) in [6.07, 6.45) is 7.56. The van der Waals surface area contributed by atoms with Gasteiger partial charge in [-0.3, -0.25) is 0 Å². The fourth-order valence-corrected chi connectivity index (χ4v) is 1.94. The van der Waals surface area contributed by atoms with Crippen LogP contribution < -0.4 is 5.73 Å². The molecular formula is C15H21F2N. The van der Waals surface area contributed by atoms with Crippen LogP contribution in [0, 0.1) is 11.6 Å². The SMILES string of the molecule is C=CCCCCCC(N)Cc1ccc(F)cc1F. The van der Waals surface area contributed by atoms with E-state index >= 15 is 0 Å². The third kappa shape index (κ3) is 5.41. The van der Waals surface area contributed by atoms with Gasteiger partial charge in [-0.15, -0.1) is 6.58 Å². The van der Waals surface area contributed by atoms with Gasteiger partial charge in [-0.25, -0.2) is 8.78 Å². The Hall–Kier alpha value is -1.22. The van der Waals surface area contributed by atoms with E-state index in [0.717, 1.165) is 38.2 Å². The molecule has 0 saturated heterocycles. The molecule has 2 N–H and O–H groups in total. The fraction of sp³-hybridized carbons (Fsp3) is 0.467. The van der Waals surface area contributed by atoms with Crippen LogP contribution >= 0.6 is 0 Å². The van der Waals surface area contributed by atoms with E-state index in [9.17, 15) is 8.78 Å². The third-order valence-corrected chi connectivity index (χ3v) is 2.98. The summed E-state index contributed by atoms with van der Waals surface area (Å²) in [7, 11) is 0. The lowest BCUT2D eigenvalue weighted by Gasteiger charge is -2.12. The highest BCUT2D eigenvalue weighted by Crippen LogP contribution is 2.14. The van der Waals surface area contributed by atoms with Gasteiger partial charge in [-0.05, 0) is 37.3 Å². The van der Waals surface area contributed by atoms with Gasteiger partial charge in [0.05, 0.1) is 0 Å². The van der Waals surface area contributed by atoms with E-state index in [1.54, 1.807) is 0 Å². The molecule has 0 spiro atoms. The summed E-state index contributed by atoms with van der Waals surface area (Å²) in [4.78, 5) is 0. The predicted molar refractivity (Wildman–Crippen MR) is 71.3 cm³/mol. The zero-order valence-electron chi connectivity index (χ0n) is 10.7. The Kier molecular flexibility index (Phi) is 6.58. The lowest BCUT2D eigenvalue weighted by atomic mass is 10.0. The number of nitrogens with two attached hydrogens (primary N) is 1. The molecule has 1 aromatic rings. The first-order valence-electron chi connectivity index (χ1n) is 6.44. The van der Waals surface area contributed by atoms with Crippen molar-refractivity contribution in [2.24, 2.45) is 5.73 Å². The number of rotatable bonds is 8. The Morgan fingerprint density at radius 1 is 1.22 bits per heavy atom. The van der Waals surface area contributed by atoms with E-state index in [1.807, 2.05) is 6.08 Å². The Morgan fingerprint density at radius 2 is 2.00 bits per heavy atom. The molecule has 1 unspecified atom stereocenters. The van der Waals surface area contributed by atoms with E-state index in [-0.39, 0.29) is 6.04 Å². The predicted octanol–water partition coefficient (Wildman–Crippen LogP) is 3.97. The van der Waals surface area contributed by atoms with Gasteiger partial charge in [-0.2, -0.15) is 0 Å². The van der Waals surface area contributed by atoms with Crippen LogP contribution in [0.2, 0.25) is 0 Å². The smallest absolute Gasteiger partial charge is 0.129 e. The van der Waals surface area contributed by atoms with Gasteiger partial charge in [0.25, 0.3) is 0 Å². The van der Waals surface area contributed by atoms with Crippen LogP contribution in [0.4, 0.5) is 8.78 Å². The van der Waals surface area contributed by atoms with Crippen LogP contribution in [0.3, 0.4) is 0 Å². The molecule has 1 atom stereocenters. The van der Waals surface area contributed by atoms with Gasteiger partial charge in [0.15, 0.2) is 0 Å². The van der Waals surface area contributed by atoms with Gasteiger partial charge >= 0.3 is 0 Å². The average molecular weight is 253 g/mol. The van der Waals surface area contributed by atoms with Gasteiger partial charge in [0.1, 0.15) is 11.6 Å². The standard InChI is InChI=1S/C15H21F2N/c1-2-3-4-5-6-7-14(18)10-12-8-9-13(16)11-15(12)17/h2,8-9,11,14H,1,3-7,10,18H2. The first-order valence-corrected chi connectivity index (χ1v) is 6.44. The summed E-state index contributed by atoms with van der Waals surface area (Å²) >= 11 is 0. The van der Waals surface area contributed by atoms with Crippen molar-refractivity contribution in [3.63, 3.8) is 0 Å². The molecule has 3 heteroatoms. The summed E-state index contributed by atoms with van der Waals surface area (Å²) in [5.41, 5.74) is 6.44. The topological polar surface area (TPSA) is 26.0 Å². The van der Waals surface area contributed by atoms with Crippen LogP contribution in [-0.4, -0.2) is 6.04 Å². The number of hydrogen-bond acceptors (Lipinski definition) is 1. The Labute approximate surface area is 108 Å². The van der Waals surface area contributed by atoms with E-state index in [1.165, 1.54) is 12.1 Å². The molecule has 0 aliphatic heterocycles. The number of allylic oxidation sites excluding steroid dienone is 1. The third-order valence-electron chi connectivity index (χ3n) is 2.98. The molecular weight excluding hydrogens is 232 g/mol. The monoisotopic (exact) mass is 253 g/mol. The second-order valence-electron chi connectivity index (χ2n) is 4.63. The minimum atomic E-state index is -0.547. The van der Waals surface area contributed by atoms with Gasteiger partial charge < -0.3 is 5.73 Å². The molecule has 0 saturated carbocycles. The molecule has 1 aromatic carbocycles. The summed E-state index contributed by atoms with van der Waals surface area (Å²) in [6, 6.07) is 3.59. The highest BCUT2D eigenvalue weighted by molar-refractivity contribution is 5.19. The minimum Gasteiger partial charge on any atom is -0.327 e. The molecule has 1 rings (SSSR count). The molecule has 0 aliphatic carbocycles. The van der Waals surface area contributed by atoms with Crippen molar-refractivity contribution in [3.05, 3.63) is 48.1 Å². The Bertz CT molecular complexity index is 377. The molecule has 0 heterocycles. The van der Waals surface area contributed by atoms with Gasteiger partial charge in [0.2, 0.25) is 0 Å². The highest BCUT2D eigenvalue weighted by Gasteiger charge is 2.09. The van der Waals surface area contributed by atoms with E-state index in [4.69, 9.17) is 5.73 Å². The summed E-state index contributed by atoms with van der Waals surface area (Å²) < 4.78 is 26.1. The van der Waals surface area contributed by atoms with Gasteiger partial charge in [-0.1, -0.05) is 25.0 Å².